The third-order valence-electron chi connectivity index (χ3n) is 2.73. The molecule has 0 aliphatic carbocycles. The molecule has 0 fully saturated rings. The van der Waals surface area contributed by atoms with Crippen molar-refractivity contribution in [3.63, 3.8) is 0 Å². The minimum absolute atomic E-state index is 0.0912. The molecule has 0 spiro atoms. The average Bonchev–Trinajstić information content (AvgIpc) is 2.28. The van der Waals surface area contributed by atoms with Gasteiger partial charge >= 0.3 is 0 Å². The van der Waals surface area contributed by atoms with Gasteiger partial charge in [-0.05, 0) is 43.1 Å². The van der Waals surface area contributed by atoms with Crippen molar-refractivity contribution >= 4 is 22.5 Å². The van der Waals surface area contributed by atoms with E-state index in [2.05, 4.69) is 4.98 Å². The zero-order valence-electron chi connectivity index (χ0n) is 9.61. The van der Waals surface area contributed by atoms with Crippen LogP contribution >= 0.6 is 11.6 Å². The number of benzene rings is 1. The number of fused-ring (bicyclic) bond motifs is 1. The van der Waals surface area contributed by atoms with Crippen LogP contribution in [0.1, 0.15) is 12.0 Å². The SMILES string of the molecule is Cc1cccc2nc(Cl)n(CCCN)c(=O)c12. The van der Waals surface area contributed by atoms with E-state index in [0.29, 0.717) is 30.4 Å². The maximum Gasteiger partial charge on any atom is 0.262 e. The second kappa shape index (κ2) is 4.85. The zero-order chi connectivity index (χ0) is 12.4. The molecule has 1 aromatic heterocycles. The van der Waals surface area contributed by atoms with Crippen LogP contribution in [0.15, 0.2) is 23.0 Å². The van der Waals surface area contributed by atoms with E-state index in [9.17, 15) is 4.79 Å². The average molecular weight is 252 g/mol. The molecule has 0 unspecified atom stereocenters. The van der Waals surface area contributed by atoms with Crippen LogP contribution < -0.4 is 11.3 Å². The number of aryl methyl sites for hydroxylation is 1. The lowest BCUT2D eigenvalue weighted by Gasteiger charge is -2.09. The van der Waals surface area contributed by atoms with Crippen LogP contribution in [0.5, 0.6) is 0 Å². The lowest BCUT2D eigenvalue weighted by Crippen LogP contribution is -2.24. The predicted octanol–water partition coefficient (Wildman–Crippen LogP) is 1.71. The summed E-state index contributed by atoms with van der Waals surface area (Å²) in [6.45, 7) is 2.92. The molecule has 0 aliphatic rings. The lowest BCUT2D eigenvalue weighted by atomic mass is 10.1. The Balaban J connectivity index is 2.70. The fourth-order valence-electron chi connectivity index (χ4n) is 1.85. The number of nitrogens with two attached hydrogens (primary N) is 1. The Bertz CT molecular complexity index is 606. The molecule has 17 heavy (non-hydrogen) atoms. The number of rotatable bonds is 3. The number of aromatic nitrogens is 2. The van der Waals surface area contributed by atoms with Crippen LogP contribution in [0.3, 0.4) is 0 Å². The summed E-state index contributed by atoms with van der Waals surface area (Å²) in [4.78, 5) is 16.5. The van der Waals surface area contributed by atoms with E-state index in [4.69, 9.17) is 17.3 Å². The first-order valence-corrected chi connectivity index (χ1v) is 5.88. The predicted molar refractivity (Wildman–Crippen MR) is 69.4 cm³/mol. The van der Waals surface area contributed by atoms with Gasteiger partial charge in [0.05, 0.1) is 10.9 Å². The maximum atomic E-state index is 12.3. The molecule has 0 saturated carbocycles. The highest BCUT2D eigenvalue weighted by atomic mass is 35.5. The van der Waals surface area contributed by atoms with Crippen molar-refractivity contribution < 1.29 is 0 Å². The molecule has 0 aliphatic heterocycles. The van der Waals surface area contributed by atoms with E-state index in [1.54, 1.807) is 6.07 Å². The summed E-state index contributed by atoms with van der Waals surface area (Å²) >= 11 is 6.01. The van der Waals surface area contributed by atoms with Crippen LogP contribution in [0.25, 0.3) is 10.9 Å². The van der Waals surface area contributed by atoms with E-state index in [-0.39, 0.29) is 10.8 Å². The third kappa shape index (κ3) is 2.18. The molecule has 4 nitrogen and oxygen atoms in total. The molecule has 2 rings (SSSR count). The number of nitrogens with zero attached hydrogens (tertiary/aromatic N) is 2. The van der Waals surface area contributed by atoms with Gasteiger partial charge in [-0.3, -0.25) is 9.36 Å². The first kappa shape index (κ1) is 12.1. The fraction of sp³-hybridized carbons (Fsp3) is 0.333. The highest BCUT2D eigenvalue weighted by molar-refractivity contribution is 6.28. The Hall–Kier alpha value is -1.39. The minimum Gasteiger partial charge on any atom is -0.330 e. The van der Waals surface area contributed by atoms with Gasteiger partial charge in [0.25, 0.3) is 5.56 Å². The minimum atomic E-state index is -0.0912. The van der Waals surface area contributed by atoms with Gasteiger partial charge < -0.3 is 5.73 Å². The molecule has 1 aromatic carbocycles. The summed E-state index contributed by atoms with van der Waals surface area (Å²) in [6, 6.07) is 5.56. The number of hydrogen-bond donors (Lipinski definition) is 1. The van der Waals surface area contributed by atoms with Crippen LogP contribution in [0, 0.1) is 6.92 Å². The zero-order valence-corrected chi connectivity index (χ0v) is 10.4. The van der Waals surface area contributed by atoms with Gasteiger partial charge in [-0.25, -0.2) is 4.98 Å². The maximum absolute atomic E-state index is 12.3. The van der Waals surface area contributed by atoms with Crippen LogP contribution in [-0.2, 0) is 6.54 Å². The Morgan fingerprint density at radius 3 is 2.94 bits per heavy atom. The first-order valence-electron chi connectivity index (χ1n) is 5.51. The third-order valence-corrected chi connectivity index (χ3v) is 3.02. The lowest BCUT2D eigenvalue weighted by molar-refractivity contribution is 0.625. The van der Waals surface area contributed by atoms with Crippen molar-refractivity contribution in [3.05, 3.63) is 39.4 Å². The highest BCUT2D eigenvalue weighted by Crippen LogP contribution is 2.15. The van der Waals surface area contributed by atoms with E-state index in [1.165, 1.54) is 4.57 Å². The number of hydrogen-bond acceptors (Lipinski definition) is 3. The molecule has 0 radical (unpaired) electrons. The molecule has 2 aromatic rings. The smallest absolute Gasteiger partial charge is 0.262 e. The van der Waals surface area contributed by atoms with Crippen molar-refractivity contribution in [2.75, 3.05) is 6.54 Å². The van der Waals surface area contributed by atoms with E-state index < -0.39 is 0 Å². The normalized spacial score (nSPS) is 11.0. The molecule has 1 heterocycles. The molecule has 0 atom stereocenters. The summed E-state index contributed by atoms with van der Waals surface area (Å²) in [6.07, 6.45) is 0.707. The van der Waals surface area contributed by atoms with Gasteiger partial charge in [-0.2, -0.15) is 0 Å². The van der Waals surface area contributed by atoms with E-state index in [1.807, 2.05) is 19.1 Å². The highest BCUT2D eigenvalue weighted by Gasteiger charge is 2.10. The Morgan fingerprint density at radius 1 is 1.47 bits per heavy atom. The van der Waals surface area contributed by atoms with Crippen LogP contribution in [0.2, 0.25) is 5.28 Å². The standard InChI is InChI=1S/C12H14ClN3O/c1-8-4-2-5-9-10(8)11(17)16(7-3-6-14)12(13)15-9/h2,4-5H,3,6-7,14H2,1H3. The van der Waals surface area contributed by atoms with Crippen molar-refractivity contribution in [1.29, 1.82) is 0 Å². The molecule has 0 bridgehead atoms. The van der Waals surface area contributed by atoms with Gasteiger partial charge in [0.15, 0.2) is 0 Å². The van der Waals surface area contributed by atoms with E-state index >= 15 is 0 Å². The summed E-state index contributed by atoms with van der Waals surface area (Å²) in [5.74, 6) is 0. The summed E-state index contributed by atoms with van der Waals surface area (Å²) in [7, 11) is 0. The van der Waals surface area contributed by atoms with Crippen molar-refractivity contribution in [1.82, 2.24) is 9.55 Å². The molecule has 0 amide bonds. The van der Waals surface area contributed by atoms with Crippen molar-refractivity contribution in [3.8, 4) is 0 Å². The topological polar surface area (TPSA) is 60.9 Å². The summed E-state index contributed by atoms with van der Waals surface area (Å²) in [5, 5.41) is 0.857. The molecule has 2 N–H and O–H groups in total. The monoisotopic (exact) mass is 251 g/mol. The molecule has 0 saturated heterocycles. The van der Waals surface area contributed by atoms with Gasteiger partial charge in [-0.1, -0.05) is 12.1 Å². The molecular formula is C12H14ClN3O. The Labute approximate surface area is 104 Å². The van der Waals surface area contributed by atoms with E-state index in [0.717, 1.165) is 5.56 Å². The van der Waals surface area contributed by atoms with Crippen LogP contribution in [0.4, 0.5) is 0 Å². The summed E-state index contributed by atoms with van der Waals surface area (Å²) < 4.78 is 1.48. The van der Waals surface area contributed by atoms with Crippen molar-refractivity contribution in [2.45, 2.75) is 19.9 Å². The van der Waals surface area contributed by atoms with Crippen LogP contribution in [-0.4, -0.2) is 16.1 Å². The molecule has 90 valence electrons. The Morgan fingerprint density at radius 2 is 2.24 bits per heavy atom. The van der Waals surface area contributed by atoms with Gasteiger partial charge in [-0.15, -0.1) is 0 Å². The van der Waals surface area contributed by atoms with Gasteiger partial charge in [0, 0.05) is 6.54 Å². The fourth-order valence-corrected chi connectivity index (χ4v) is 2.10. The Kier molecular flexibility index (Phi) is 3.45. The first-order chi connectivity index (χ1) is 8.15. The molecular weight excluding hydrogens is 238 g/mol. The second-order valence-electron chi connectivity index (χ2n) is 3.95. The van der Waals surface area contributed by atoms with Gasteiger partial charge in [0.1, 0.15) is 0 Å². The van der Waals surface area contributed by atoms with Crippen molar-refractivity contribution in [2.24, 2.45) is 5.73 Å². The summed E-state index contributed by atoms with van der Waals surface area (Å²) in [5.41, 5.74) is 6.91. The van der Waals surface area contributed by atoms with Gasteiger partial charge in [0.2, 0.25) is 5.28 Å². The quantitative estimate of drug-likeness (QED) is 0.845. The number of halogens is 1. The molecule has 5 heteroatoms. The second-order valence-corrected chi connectivity index (χ2v) is 4.29. The largest absolute Gasteiger partial charge is 0.330 e.